The highest BCUT2D eigenvalue weighted by Gasteiger charge is 2.55. The lowest BCUT2D eigenvalue weighted by Crippen LogP contribution is -2.52. The van der Waals surface area contributed by atoms with Gasteiger partial charge in [0.25, 0.3) is 5.91 Å². The second-order valence-electron chi connectivity index (χ2n) is 3.50. The van der Waals surface area contributed by atoms with Gasteiger partial charge in [-0.1, -0.05) is 12.1 Å². The Hall–Kier alpha value is -1.08. The summed E-state index contributed by atoms with van der Waals surface area (Å²) >= 11 is 3.06. The van der Waals surface area contributed by atoms with Crippen LogP contribution in [0.2, 0.25) is 0 Å². The Morgan fingerprint density at radius 2 is 1.88 bits per heavy atom. The molecule has 0 saturated heterocycles. The van der Waals surface area contributed by atoms with Crippen molar-refractivity contribution < 1.29 is 23.1 Å². The van der Waals surface area contributed by atoms with Gasteiger partial charge in [0.15, 0.2) is 0 Å². The Bertz CT molecular complexity index is 432. The topological polar surface area (TPSA) is 49.3 Å². The minimum atomic E-state index is -5.03. The molecule has 0 radical (unpaired) electrons. The third kappa shape index (κ3) is 2.98. The van der Waals surface area contributed by atoms with Crippen molar-refractivity contribution in [1.29, 1.82) is 0 Å². The van der Waals surface area contributed by atoms with E-state index in [2.05, 4.69) is 15.9 Å². The first-order chi connectivity index (χ1) is 7.66. The van der Waals surface area contributed by atoms with Crippen LogP contribution in [0.1, 0.15) is 6.92 Å². The van der Waals surface area contributed by atoms with Crippen LogP contribution in [-0.4, -0.2) is 22.8 Å². The molecule has 94 valence electrons. The van der Waals surface area contributed by atoms with E-state index in [0.29, 0.717) is 11.4 Å². The average Bonchev–Trinajstić information content (AvgIpc) is 2.19. The van der Waals surface area contributed by atoms with Crippen molar-refractivity contribution in [2.45, 2.75) is 18.7 Å². The number of aliphatic hydroxyl groups is 1. The Balaban J connectivity index is 2.91. The number of nitrogens with one attached hydrogen (secondary N) is 1. The third-order valence-electron chi connectivity index (χ3n) is 2.12. The summed E-state index contributed by atoms with van der Waals surface area (Å²) < 4.78 is 37.5. The van der Waals surface area contributed by atoms with Gasteiger partial charge in [-0.05, 0) is 35.0 Å². The van der Waals surface area contributed by atoms with Gasteiger partial charge in [-0.3, -0.25) is 4.79 Å². The van der Waals surface area contributed by atoms with Crippen molar-refractivity contribution in [3.63, 3.8) is 0 Å². The molecular weight excluding hydrogens is 303 g/mol. The Kier molecular flexibility index (Phi) is 3.83. The van der Waals surface area contributed by atoms with E-state index >= 15 is 0 Å². The summed E-state index contributed by atoms with van der Waals surface area (Å²) in [6.45, 7) is 0.402. The van der Waals surface area contributed by atoms with Gasteiger partial charge in [-0.2, -0.15) is 13.2 Å². The zero-order valence-electron chi connectivity index (χ0n) is 8.68. The lowest BCUT2D eigenvalue weighted by Gasteiger charge is -2.25. The monoisotopic (exact) mass is 311 g/mol. The van der Waals surface area contributed by atoms with E-state index in [9.17, 15) is 18.0 Å². The molecule has 0 aliphatic rings. The van der Waals surface area contributed by atoms with Gasteiger partial charge in [0.2, 0.25) is 5.60 Å². The Labute approximate surface area is 104 Å². The first kappa shape index (κ1) is 14.0. The smallest absolute Gasteiger partial charge is 0.373 e. The van der Waals surface area contributed by atoms with Gasteiger partial charge < -0.3 is 10.4 Å². The molecule has 1 amide bonds. The Morgan fingerprint density at radius 3 is 2.35 bits per heavy atom. The number of anilines is 1. The number of amides is 1. The molecular formula is C10H9BrF3NO2. The molecule has 0 heterocycles. The van der Waals surface area contributed by atoms with Crippen molar-refractivity contribution in [3.8, 4) is 0 Å². The van der Waals surface area contributed by atoms with Gasteiger partial charge in [0, 0.05) is 4.47 Å². The molecule has 17 heavy (non-hydrogen) atoms. The summed E-state index contributed by atoms with van der Waals surface area (Å²) in [5, 5.41) is 11.1. The molecule has 0 aliphatic heterocycles. The predicted octanol–water partition coefficient (Wildman–Crippen LogP) is 2.70. The molecule has 0 aromatic heterocycles. The number of halogens is 4. The lowest BCUT2D eigenvalue weighted by molar-refractivity contribution is -0.242. The molecule has 0 spiro atoms. The zero-order chi connectivity index (χ0) is 13.3. The van der Waals surface area contributed by atoms with Crippen LogP contribution in [0, 0.1) is 0 Å². The van der Waals surface area contributed by atoms with E-state index in [1.807, 2.05) is 5.32 Å². The fourth-order valence-corrected chi connectivity index (χ4v) is 1.32. The molecule has 1 aromatic rings. The van der Waals surface area contributed by atoms with Gasteiger partial charge in [0.1, 0.15) is 0 Å². The number of para-hydroxylation sites is 1. The van der Waals surface area contributed by atoms with E-state index in [1.165, 1.54) is 6.07 Å². The van der Waals surface area contributed by atoms with Crippen molar-refractivity contribution >= 4 is 27.5 Å². The number of alkyl halides is 3. The van der Waals surface area contributed by atoms with Gasteiger partial charge >= 0.3 is 6.18 Å². The molecule has 0 fully saturated rings. The summed E-state index contributed by atoms with van der Waals surface area (Å²) in [5.74, 6) is -1.53. The predicted molar refractivity (Wildman–Crippen MR) is 59.5 cm³/mol. The van der Waals surface area contributed by atoms with Crippen molar-refractivity contribution in [2.75, 3.05) is 5.32 Å². The van der Waals surface area contributed by atoms with E-state index < -0.39 is 17.7 Å². The molecule has 0 saturated carbocycles. The highest BCUT2D eigenvalue weighted by atomic mass is 79.9. The lowest BCUT2D eigenvalue weighted by atomic mass is 10.1. The van der Waals surface area contributed by atoms with Gasteiger partial charge in [0.05, 0.1) is 5.69 Å². The quantitative estimate of drug-likeness (QED) is 0.882. The van der Waals surface area contributed by atoms with Crippen LogP contribution >= 0.6 is 15.9 Å². The SMILES string of the molecule is C[C@@](O)(C(=O)Nc1ccccc1Br)C(F)(F)F. The molecule has 0 unspecified atom stereocenters. The standard InChI is InChI=1S/C10H9BrF3NO2/c1-9(17,10(12,13)14)8(16)15-7-5-3-2-4-6(7)11/h2-5,17H,1H3,(H,15,16)/t9-/m1/s1. The highest BCUT2D eigenvalue weighted by molar-refractivity contribution is 9.10. The molecule has 2 N–H and O–H groups in total. The minimum absolute atomic E-state index is 0.155. The average molecular weight is 312 g/mol. The third-order valence-corrected chi connectivity index (χ3v) is 2.81. The second kappa shape index (κ2) is 4.66. The van der Waals surface area contributed by atoms with Crippen molar-refractivity contribution in [3.05, 3.63) is 28.7 Å². The summed E-state index contributed by atoms with van der Waals surface area (Å²) in [6, 6.07) is 6.15. The number of benzene rings is 1. The van der Waals surface area contributed by atoms with E-state index in [0.717, 1.165) is 0 Å². The molecule has 1 rings (SSSR count). The largest absolute Gasteiger partial charge is 0.426 e. The molecule has 1 atom stereocenters. The summed E-state index contributed by atoms with van der Waals surface area (Å²) in [5.41, 5.74) is -3.27. The van der Waals surface area contributed by atoms with Crippen LogP contribution in [0.5, 0.6) is 0 Å². The van der Waals surface area contributed by atoms with Crippen LogP contribution in [0.15, 0.2) is 28.7 Å². The van der Waals surface area contributed by atoms with Crippen molar-refractivity contribution in [2.24, 2.45) is 0 Å². The number of carbonyl (C=O) groups excluding carboxylic acids is 1. The van der Waals surface area contributed by atoms with E-state index in [1.54, 1.807) is 18.2 Å². The molecule has 1 aromatic carbocycles. The highest BCUT2D eigenvalue weighted by Crippen LogP contribution is 2.32. The normalized spacial score (nSPS) is 15.2. The number of carbonyl (C=O) groups is 1. The maximum Gasteiger partial charge on any atom is 0.426 e. The maximum atomic E-state index is 12.4. The van der Waals surface area contributed by atoms with Crippen LogP contribution in [0.25, 0.3) is 0 Å². The van der Waals surface area contributed by atoms with Crippen LogP contribution in [0.3, 0.4) is 0 Å². The number of hydrogen-bond donors (Lipinski definition) is 2. The number of rotatable bonds is 2. The van der Waals surface area contributed by atoms with Gasteiger partial charge in [-0.25, -0.2) is 0 Å². The minimum Gasteiger partial charge on any atom is -0.373 e. The van der Waals surface area contributed by atoms with Crippen molar-refractivity contribution in [1.82, 2.24) is 0 Å². The first-order valence-corrected chi connectivity index (χ1v) is 5.30. The number of hydrogen-bond acceptors (Lipinski definition) is 2. The zero-order valence-corrected chi connectivity index (χ0v) is 10.3. The van der Waals surface area contributed by atoms with Crippen LogP contribution < -0.4 is 5.32 Å². The molecule has 7 heteroatoms. The first-order valence-electron chi connectivity index (χ1n) is 4.51. The fourth-order valence-electron chi connectivity index (χ4n) is 0.935. The summed E-state index contributed by atoms with van der Waals surface area (Å²) in [6.07, 6.45) is -5.03. The molecule has 0 aliphatic carbocycles. The van der Waals surface area contributed by atoms with Crippen LogP contribution in [0.4, 0.5) is 18.9 Å². The van der Waals surface area contributed by atoms with Gasteiger partial charge in [-0.15, -0.1) is 0 Å². The second-order valence-corrected chi connectivity index (χ2v) is 4.36. The van der Waals surface area contributed by atoms with E-state index in [4.69, 9.17) is 5.11 Å². The van der Waals surface area contributed by atoms with Crippen LogP contribution in [-0.2, 0) is 4.79 Å². The Morgan fingerprint density at radius 1 is 1.35 bits per heavy atom. The summed E-state index contributed by atoms with van der Waals surface area (Å²) in [7, 11) is 0. The molecule has 0 bridgehead atoms. The summed E-state index contributed by atoms with van der Waals surface area (Å²) in [4.78, 5) is 11.3. The molecule has 3 nitrogen and oxygen atoms in total. The maximum absolute atomic E-state index is 12.4. The fraction of sp³-hybridized carbons (Fsp3) is 0.300. The van der Waals surface area contributed by atoms with E-state index in [-0.39, 0.29) is 5.69 Å².